The maximum absolute atomic E-state index is 11.0. The highest BCUT2D eigenvalue weighted by Gasteiger charge is 2.14. The molecule has 0 spiro atoms. The number of aromatic nitrogens is 2. The molecular formula is C12H9ClN2O2. The molecule has 1 aromatic carbocycles. The average Bonchev–Trinajstić information content (AvgIpc) is 2.38. The van der Waals surface area contributed by atoms with Crippen LogP contribution in [0, 0.1) is 0 Å². The number of nitrogens with zero attached hydrogens (tertiary/aromatic N) is 2. The van der Waals surface area contributed by atoms with Crippen LogP contribution in [0.3, 0.4) is 0 Å². The molecule has 1 aromatic heterocycles. The average molecular weight is 249 g/mol. The Morgan fingerprint density at radius 3 is 2.76 bits per heavy atom. The lowest BCUT2D eigenvalue weighted by atomic mass is 10.1. The lowest BCUT2D eigenvalue weighted by Crippen LogP contribution is -1.97. The molecule has 5 heteroatoms. The third-order valence-electron chi connectivity index (χ3n) is 2.32. The predicted molar refractivity (Wildman–Crippen MR) is 64.4 cm³/mol. The van der Waals surface area contributed by atoms with Crippen molar-refractivity contribution < 1.29 is 9.53 Å². The third kappa shape index (κ3) is 2.12. The highest BCUT2D eigenvalue weighted by atomic mass is 35.5. The Morgan fingerprint density at radius 2 is 2.06 bits per heavy atom. The smallest absolute Gasteiger partial charge is 0.155 e. The molecule has 0 bridgehead atoms. The number of para-hydroxylation sites is 1. The van der Waals surface area contributed by atoms with Gasteiger partial charge in [0.25, 0.3) is 0 Å². The summed E-state index contributed by atoms with van der Waals surface area (Å²) in [5, 5.41) is 0.135. The molecule has 4 nitrogen and oxygen atoms in total. The number of hydrogen-bond donors (Lipinski definition) is 0. The normalized spacial score (nSPS) is 10.0. The van der Waals surface area contributed by atoms with Gasteiger partial charge in [-0.05, 0) is 12.1 Å². The van der Waals surface area contributed by atoms with E-state index < -0.39 is 0 Å². The van der Waals surface area contributed by atoms with Crippen molar-refractivity contribution in [2.75, 3.05) is 7.11 Å². The number of ether oxygens (including phenoxy) is 1. The van der Waals surface area contributed by atoms with Crippen LogP contribution in [0.15, 0.2) is 30.6 Å². The third-order valence-corrected chi connectivity index (χ3v) is 2.62. The minimum Gasteiger partial charge on any atom is -0.496 e. The summed E-state index contributed by atoms with van der Waals surface area (Å²) in [5.74, 6) is 0.630. The van der Waals surface area contributed by atoms with Gasteiger partial charge in [0.2, 0.25) is 0 Å². The fraction of sp³-hybridized carbons (Fsp3) is 0.0833. The second-order valence-corrected chi connectivity index (χ2v) is 3.60. The van der Waals surface area contributed by atoms with Crippen LogP contribution in [0.2, 0.25) is 5.15 Å². The molecule has 86 valence electrons. The Hall–Kier alpha value is -1.94. The molecule has 0 amide bonds. The van der Waals surface area contributed by atoms with Crippen molar-refractivity contribution in [3.05, 3.63) is 41.3 Å². The summed E-state index contributed by atoms with van der Waals surface area (Å²) < 4.78 is 5.22. The van der Waals surface area contributed by atoms with Crippen molar-refractivity contribution in [3.63, 3.8) is 0 Å². The van der Waals surface area contributed by atoms with E-state index in [0.29, 0.717) is 23.3 Å². The molecule has 0 N–H and O–H groups in total. The van der Waals surface area contributed by atoms with Gasteiger partial charge in [-0.1, -0.05) is 23.7 Å². The Balaban J connectivity index is 2.68. The van der Waals surface area contributed by atoms with Crippen LogP contribution in [-0.4, -0.2) is 23.4 Å². The van der Waals surface area contributed by atoms with Gasteiger partial charge < -0.3 is 4.74 Å². The van der Waals surface area contributed by atoms with Gasteiger partial charge in [-0.25, -0.2) is 9.97 Å². The quantitative estimate of drug-likeness (QED) is 0.619. The number of carbonyl (C=O) groups excluding carboxylic acids is 1. The van der Waals surface area contributed by atoms with E-state index in [-0.39, 0.29) is 10.7 Å². The van der Waals surface area contributed by atoms with Crippen molar-refractivity contribution in [2.45, 2.75) is 0 Å². The largest absolute Gasteiger partial charge is 0.496 e. The van der Waals surface area contributed by atoms with E-state index in [2.05, 4.69) is 9.97 Å². The van der Waals surface area contributed by atoms with Gasteiger partial charge in [0.05, 0.1) is 18.4 Å². The van der Waals surface area contributed by atoms with Gasteiger partial charge in [-0.2, -0.15) is 0 Å². The van der Waals surface area contributed by atoms with Crippen LogP contribution in [-0.2, 0) is 0 Å². The topological polar surface area (TPSA) is 52.1 Å². The van der Waals surface area contributed by atoms with E-state index in [1.54, 1.807) is 13.2 Å². The Kier molecular flexibility index (Phi) is 3.35. The molecule has 17 heavy (non-hydrogen) atoms. The first-order valence-electron chi connectivity index (χ1n) is 4.87. The zero-order chi connectivity index (χ0) is 12.3. The summed E-state index contributed by atoms with van der Waals surface area (Å²) in [4.78, 5) is 18.9. The zero-order valence-corrected chi connectivity index (χ0v) is 9.81. The van der Waals surface area contributed by atoms with Crippen LogP contribution in [0.4, 0.5) is 0 Å². The SMILES string of the molecule is COc1ccccc1-c1ncnc(Cl)c1C=O. The first-order chi connectivity index (χ1) is 8.27. The fourth-order valence-corrected chi connectivity index (χ4v) is 1.71. The molecule has 2 aromatic rings. The number of hydrogen-bond acceptors (Lipinski definition) is 4. The molecule has 0 aliphatic heterocycles. The standard InChI is InChI=1S/C12H9ClN2O2/c1-17-10-5-3-2-4-8(10)11-9(6-16)12(13)15-7-14-11/h2-7H,1H3. The highest BCUT2D eigenvalue weighted by Crippen LogP contribution is 2.31. The summed E-state index contributed by atoms with van der Waals surface area (Å²) in [6.07, 6.45) is 1.96. The Morgan fingerprint density at radius 1 is 1.29 bits per heavy atom. The van der Waals surface area contributed by atoms with Crippen molar-refractivity contribution in [3.8, 4) is 17.0 Å². The summed E-state index contributed by atoms with van der Waals surface area (Å²) in [7, 11) is 1.56. The van der Waals surface area contributed by atoms with Gasteiger partial charge in [0.15, 0.2) is 6.29 Å². The van der Waals surface area contributed by atoms with E-state index in [0.717, 1.165) is 0 Å². The molecule has 0 radical (unpaired) electrons. The summed E-state index contributed by atoms with van der Waals surface area (Å²) in [6.45, 7) is 0. The molecule has 0 fully saturated rings. The highest BCUT2D eigenvalue weighted by molar-refractivity contribution is 6.32. The van der Waals surface area contributed by atoms with Crippen LogP contribution in [0.5, 0.6) is 5.75 Å². The summed E-state index contributed by atoms with van der Waals surface area (Å²) in [6, 6.07) is 7.28. The van der Waals surface area contributed by atoms with Crippen molar-refractivity contribution in [1.29, 1.82) is 0 Å². The van der Waals surface area contributed by atoms with Gasteiger partial charge in [-0.15, -0.1) is 0 Å². The lowest BCUT2D eigenvalue weighted by Gasteiger charge is -2.09. The minimum absolute atomic E-state index is 0.135. The Labute approximate surface area is 103 Å². The lowest BCUT2D eigenvalue weighted by molar-refractivity contribution is 0.112. The molecule has 0 atom stereocenters. The molecule has 0 aliphatic rings. The van der Waals surface area contributed by atoms with Crippen molar-refractivity contribution >= 4 is 17.9 Å². The molecule has 2 rings (SSSR count). The van der Waals surface area contributed by atoms with Gasteiger partial charge in [0, 0.05) is 5.56 Å². The first kappa shape index (κ1) is 11.5. The molecule has 0 saturated carbocycles. The number of halogens is 1. The van der Waals surface area contributed by atoms with E-state index in [1.165, 1.54) is 6.33 Å². The predicted octanol–water partition coefficient (Wildman–Crippen LogP) is 2.62. The summed E-state index contributed by atoms with van der Waals surface area (Å²) in [5.41, 5.74) is 1.44. The van der Waals surface area contributed by atoms with Gasteiger partial charge in [-0.3, -0.25) is 4.79 Å². The Bertz CT molecular complexity index is 558. The van der Waals surface area contributed by atoms with Crippen LogP contribution >= 0.6 is 11.6 Å². The first-order valence-corrected chi connectivity index (χ1v) is 5.24. The van der Waals surface area contributed by atoms with Crippen LogP contribution in [0.1, 0.15) is 10.4 Å². The molecular weight excluding hydrogens is 240 g/mol. The van der Waals surface area contributed by atoms with E-state index in [1.807, 2.05) is 18.2 Å². The molecule has 1 heterocycles. The number of carbonyl (C=O) groups is 1. The molecule has 0 aliphatic carbocycles. The number of aldehydes is 1. The van der Waals surface area contributed by atoms with Crippen LogP contribution in [0.25, 0.3) is 11.3 Å². The fourth-order valence-electron chi connectivity index (χ4n) is 1.53. The maximum atomic E-state index is 11.0. The zero-order valence-electron chi connectivity index (χ0n) is 9.05. The molecule has 0 unspecified atom stereocenters. The number of methoxy groups -OCH3 is 1. The van der Waals surface area contributed by atoms with Crippen molar-refractivity contribution in [1.82, 2.24) is 9.97 Å². The van der Waals surface area contributed by atoms with Crippen molar-refractivity contribution in [2.24, 2.45) is 0 Å². The monoisotopic (exact) mass is 248 g/mol. The minimum atomic E-state index is 0.135. The number of rotatable bonds is 3. The van der Waals surface area contributed by atoms with Gasteiger partial charge >= 0.3 is 0 Å². The second kappa shape index (κ2) is 4.93. The number of benzene rings is 1. The summed E-state index contributed by atoms with van der Waals surface area (Å²) >= 11 is 5.85. The van der Waals surface area contributed by atoms with E-state index in [4.69, 9.17) is 16.3 Å². The molecule has 0 saturated heterocycles. The van der Waals surface area contributed by atoms with E-state index in [9.17, 15) is 4.79 Å². The van der Waals surface area contributed by atoms with Gasteiger partial charge in [0.1, 0.15) is 17.2 Å². The second-order valence-electron chi connectivity index (χ2n) is 3.24. The van der Waals surface area contributed by atoms with E-state index >= 15 is 0 Å². The van der Waals surface area contributed by atoms with Crippen LogP contribution < -0.4 is 4.74 Å². The maximum Gasteiger partial charge on any atom is 0.155 e.